The van der Waals surface area contributed by atoms with Crippen molar-refractivity contribution in [1.82, 2.24) is 9.99 Å². The van der Waals surface area contributed by atoms with E-state index in [0.29, 0.717) is 10.7 Å². The van der Waals surface area contributed by atoms with E-state index in [1.165, 1.54) is 0 Å². The number of nitrogens with zero attached hydrogens (tertiary/aromatic N) is 3. The molecule has 0 spiro atoms. The number of aryl methyl sites for hydroxylation is 4. The first kappa shape index (κ1) is 28.1. The quantitative estimate of drug-likeness (QED) is 0.210. The van der Waals surface area contributed by atoms with Gasteiger partial charge in [-0.25, -0.2) is 13.8 Å². The molecule has 3 aromatic carbocycles. The van der Waals surface area contributed by atoms with E-state index < -0.39 is 22.5 Å². The Hall–Kier alpha value is -3.88. The molecule has 0 bridgehead atoms. The summed E-state index contributed by atoms with van der Waals surface area (Å²) in [7, 11) is -4.02. The van der Waals surface area contributed by atoms with E-state index in [-0.39, 0.29) is 4.90 Å². The highest BCUT2D eigenvalue weighted by Gasteiger charge is 2.28. The maximum atomic E-state index is 13.7. The molecule has 0 unspecified atom stereocenters. The predicted octanol–water partition coefficient (Wildman–Crippen LogP) is 6.02. The van der Waals surface area contributed by atoms with E-state index in [0.717, 1.165) is 43.6 Å². The number of anilines is 1. The maximum Gasteiger partial charge on any atom is 0.264 e. The fourth-order valence-electron chi connectivity index (χ4n) is 4.49. The largest absolute Gasteiger partial charge is 0.318 e. The van der Waals surface area contributed by atoms with Crippen LogP contribution in [-0.4, -0.2) is 31.7 Å². The number of hydrogen-bond acceptors (Lipinski definition) is 4. The zero-order chi connectivity index (χ0) is 28.3. The van der Waals surface area contributed by atoms with E-state index in [2.05, 4.69) is 10.5 Å². The number of nitrogens with one attached hydrogen (secondary N) is 1. The number of benzene rings is 3. The lowest BCUT2D eigenvalue weighted by Gasteiger charge is -2.25. The minimum atomic E-state index is -4.02. The Morgan fingerprint density at radius 2 is 1.64 bits per heavy atom. The van der Waals surface area contributed by atoms with Gasteiger partial charge in [-0.05, 0) is 82.6 Å². The molecule has 1 heterocycles. The van der Waals surface area contributed by atoms with Crippen LogP contribution >= 0.6 is 11.6 Å². The highest BCUT2D eigenvalue weighted by molar-refractivity contribution is 7.92. The van der Waals surface area contributed by atoms with Gasteiger partial charge in [-0.2, -0.15) is 5.10 Å². The first-order chi connectivity index (χ1) is 18.5. The van der Waals surface area contributed by atoms with Gasteiger partial charge in [0.15, 0.2) is 0 Å². The summed E-state index contributed by atoms with van der Waals surface area (Å²) in [6.45, 7) is 9.13. The Kier molecular flexibility index (Phi) is 8.28. The fourth-order valence-corrected chi connectivity index (χ4v) is 6.16. The molecule has 1 aromatic heterocycles. The highest BCUT2D eigenvalue weighted by Crippen LogP contribution is 2.28. The molecule has 0 radical (unpaired) electrons. The summed E-state index contributed by atoms with van der Waals surface area (Å²) in [6, 6.07) is 21.5. The van der Waals surface area contributed by atoms with Crippen LogP contribution in [0.25, 0.3) is 5.69 Å². The number of hydrogen-bond donors (Lipinski definition) is 1. The van der Waals surface area contributed by atoms with E-state index in [1.54, 1.807) is 36.5 Å². The van der Waals surface area contributed by atoms with Crippen molar-refractivity contribution in [3.8, 4) is 5.69 Å². The average molecular weight is 563 g/mol. The lowest BCUT2D eigenvalue weighted by molar-refractivity contribution is -0.119. The van der Waals surface area contributed by atoms with Crippen molar-refractivity contribution < 1.29 is 13.2 Å². The van der Waals surface area contributed by atoms with Crippen LogP contribution in [0.15, 0.2) is 82.8 Å². The summed E-state index contributed by atoms with van der Waals surface area (Å²) in [5, 5.41) is 4.77. The summed E-state index contributed by atoms with van der Waals surface area (Å²) in [5.74, 6) is -0.564. The summed E-state index contributed by atoms with van der Waals surface area (Å²) in [6.07, 6.45) is 1.55. The Bertz CT molecular complexity index is 1660. The van der Waals surface area contributed by atoms with Crippen molar-refractivity contribution in [2.24, 2.45) is 5.10 Å². The third-order valence-electron chi connectivity index (χ3n) is 6.45. The maximum absolute atomic E-state index is 13.7. The second kappa shape index (κ2) is 11.5. The van der Waals surface area contributed by atoms with Gasteiger partial charge in [0.1, 0.15) is 6.54 Å². The molecule has 0 aliphatic heterocycles. The third kappa shape index (κ3) is 6.24. The number of carbonyl (C=O) groups excluding carboxylic acids is 1. The summed E-state index contributed by atoms with van der Waals surface area (Å²) < 4.78 is 30.5. The Balaban J connectivity index is 1.58. The molecule has 0 saturated carbocycles. The second-order valence-electron chi connectivity index (χ2n) is 9.55. The van der Waals surface area contributed by atoms with Crippen LogP contribution in [0.1, 0.15) is 33.6 Å². The number of carbonyl (C=O) groups is 1. The molecular formula is C30H31ClN4O3S. The number of hydrazone groups is 1. The van der Waals surface area contributed by atoms with Crippen LogP contribution in [-0.2, 0) is 14.8 Å². The van der Waals surface area contributed by atoms with Gasteiger partial charge in [-0.3, -0.25) is 9.10 Å². The smallest absolute Gasteiger partial charge is 0.264 e. The first-order valence-corrected chi connectivity index (χ1v) is 14.2. The van der Waals surface area contributed by atoms with E-state index in [1.807, 2.05) is 81.7 Å². The van der Waals surface area contributed by atoms with Crippen molar-refractivity contribution in [2.75, 3.05) is 10.8 Å². The highest BCUT2D eigenvalue weighted by atomic mass is 35.5. The Morgan fingerprint density at radius 1 is 0.949 bits per heavy atom. The second-order valence-corrected chi connectivity index (χ2v) is 11.8. The van der Waals surface area contributed by atoms with Crippen molar-refractivity contribution in [3.63, 3.8) is 0 Å². The van der Waals surface area contributed by atoms with Crippen molar-refractivity contribution in [2.45, 2.75) is 39.5 Å². The fraction of sp³-hybridized carbons (Fsp3) is 0.200. The zero-order valence-corrected chi connectivity index (χ0v) is 24.1. The molecule has 4 rings (SSSR count). The molecule has 39 heavy (non-hydrogen) atoms. The van der Waals surface area contributed by atoms with Crippen LogP contribution in [0.2, 0.25) is 5.02 Å². The predicted molar refractivity (Wildman–Crippen MR) is 158 cm³/mol. The molecule has 0 atom stereocenters. The number of sulfonamides is 1. The third-order valence-corrected chi connectivity index (χ3v) is 8.46. The molecule has 0 saturated heterocycles. The lowest BCUT2D eigenvalue weighted by Crippen LogP contribution is -2.40. The first-order valence-electron chi connectivity index (χ1n) is 12.4. The molecule has 9 heteroatoms. The molecule has 1 amide bonds. The van der Waals surface area contributed by atoms with Gasteiger partial charge >= 0.3 is 0 Å². The lowest BCUT2D eigenvalue weighted by atomic mass is 10.1. The minimum Gasteiger partial charge on any atom is -0.318 e. The van der Waals surface area contributed by atoms with Crippen LogP contribution in [0.4, 0.5) is 5.69 Å². The molecule has 1 N–H and O–H groups in total. The standard InChI is InChI=1S/C30H31ClN4O3S/c1-20-9-12-28(13-10-20)39(37,38)34(29-14-11-21(2)15-22(29)3)19-30(36)33-32-18-25-16-23(4)35(24(25)5)27-8-6-7-26(31)17-27/h6-18H,19H2,1-5H3,(H,33,36)/b32-18-. The van der Waals surface area contributed by atoms with Crippen LogP contribution in [0.3, 0.4) is 0 Å². The van der Waals surface area contributed by atoms with Crippen LogP contribution < -0.4 is 9.73 Å². The molecule has 0 aliphatic carbocycles. The van der Waals surface area contributed by atoms with E-state index >= 15 is 0 Å². The van der Waals surface area contributed by atoms with Gasteiger partial charge in [-0.1, -0.05) is 53.1 Å². The number of aromatic nitrogens is 1. The van der Waals surface area contributed by atoms with Crippen molar-refractivity contribution in [1.29, 1.82) is 0 Å². The van der Waals surface area contributed by atoms with E-state index in [4.69, 9.17) is 11.6 Å². The molecule has 0 aliphatic rings. The number of halogens is 1. The van der Waals surface area contributed by atoms with Crippen molar-refractivity contribution in [3.05, 3.63) is 111 Å². The van der Waals surface area contributed by atoms with Gasteiger partial charge in [0.2, 0.25) is 0 Å². The van der Waals surface area contributed by atoms with Crippen LogP contribution in [0, 0.1) is 34.6 Å². The molecule has 7 nitrogen and oxygen atoms in total. The van der Waals surface area contributed by atoms with Gasteiger partial charge in [0, 0.05) is 27.7 Å². The summed E-state index contributed by atoms with van der Waals surface area (Å²) in [4.78, 5) is 13.1. The Labute approximate surface area is 234 Å². The van der Waals surface area contributed by atoms with Crippen LogP contribution in [0.5, 0.6) is 0 Å². The normalized spacial score (nSPS) is 11.6. The van der Waals surface area contributed by atoms with Gasteiger partial charge in [0.25, 0.3) is 15.9 Å². The molecular weight excluding hydrogens is 532 g/mol. The average Bonchev–Trinajstić information content (AvgIpc) is 3.15. The molecule has 0 fully saturated rings. The Morgan fingerprint density at radius 3 is 2.31 bits per heavy atom. The van der Waals surface area contributed by atoms with Crippen molar-refractivity contribution >= 4 is 39.4 Å². The number of amides is 1. The van der Waals surface area contributed by atoms with Gasteiger partial charge in [-0.15, -0.1) is 0 Å². The van der Waals surface area contributed by atoms with E-state index in [9.17, 15) is 13.2 Å². The minimum absolute atomic E-state index is 0.109. The molecule has 202 valence electrons. The van der Waals surface area contributed by atoms with Gasteiger partial charge < -0.3 is 4.57 Å². The zero-order valence-electron chi connectivity index (χ0n) is 22.6. The molecule has 4 aromatic rings. The van der Waals surface area contributed by atoms with Gasteiger partial charge in [0.05, 0.1) is 16.8 Å². The number of rotatable bonds is 8. The monoisotopic (exact) mass is 562 g/mol. The summed E-state index contributed by atoms with van der Waals surface area (Å²) >= 11 is 6.17. The summed E-state index contributed by atoms with van der Waals surface area (Å²) in [5.41, 5.74) is 9.24. The SMILES string of the molecule is Cc1ccc(S(=O)(=O)N(CC(=O)N/N=C\c2cc(C)n(-c3cccc(Cl)c3)c2C)c2ccc(C)cc2C)cc1. The topological polar surface area (TPSA) is 83.8 Å².